The molecule has 1 aromatic carbocycles. The predicted octanol–water partition coefficient (Wildman–Crippen LogP) is 4.32. The van der Waals surface area contributed by atoms with E-state index in [-0.39, 0.29) is 24.1 Å². The summed E-state index contributed by atoms with van der Waals surface area (Å²) in [6, 6.07) is 8.48. The third kappa shape index (κ3) is 5.56. The minimum Gasteiger partial charge on any atom is -0.378 e. The Kier molecular flexibility index (Phi) is 8.38. The van der Waals surface area contributed by atoms with E-state index in [0.717, 1.165) is 72.5 Å². The fraction of sp³-hybridized carbons (Fsp3) is 0.469. The lowest BCUT2D eigenvalue weighted by molar-refractivity contribution is 0.0950. The molecule has 212 valence electrons. The molecule has 0 saturated carbocycles. The number of rotatable bonds is 8. The van der Waals surface area contributed by atoms with Gasteiger partial charge in [0.05, 0.1) is 13.2 Å². The van der Waals surface area contributed by atoms with Crippen LogP contribution in [-0.2, 0) is 24.1 Å². The lowest BCUT2D eigenvalue weighted by atomic mass is 9.89. The molecule has 1 aliphatic carbocycles. The Morgan fingerprint density at radius 1 is 1.20 bits per heavy atom. The van der Waals surface area contributed by atoms with E-state index in [9.17, 15) is 9.59 Å². The number of nitrogens with one attached hydrogen (secondary N) is 2. The van der Waals surface area contributed by atoms with Crippen molar-refractivity contribution in [3.63, 3.8) is 0 Å². The Hall–Kier alpha value is -3.49. The summed E-state index contributed by atoms with van der Waals surface area (Å²) < 4.78 is 5.49. The van der Waals surface area contributed by atoms with Crippen LogP contribution in [0, 0.1) is 13.8 Å². The van der Waals surface area contributed by atoms with E-state index >= 15 is 0 Å². The fourth-order valence-electron chi connectivity index (χ4n) is 6.27. The highest BCUT2D eigenvalue weighted by Crippen LogP contribution is 2.43. The van der Waals surface area contributed by atoms with E-state index in [1.165, 1.54) is 11.1 Å². The third-order valence-corrected chi connectivity index (χ3v) is 8.32. The summed E-state index contributed by atoms with van der Waals surface area (Å²) in [5, 5.41) is 3.07. The van der Waals surface area contributed by atoms with Crippen LogP contribution >= 0.6 is 0 Å². The van der Waals surface area contributed by atoms with Crippen molar-refractivity contribution in [3.05, 3.63) is 79.9 Å². The normalized spacial score (nSPS) is 16.9. The summed E-state index contributed by atoms with van der Waals surface area (Å²) in [4.78, 5) is 38.7. The first-order valence-electron chi connectivity index (χ1n) is 14.4. The van der Waals surface area contributed by atoms with Crippen LogP contribution < -0.4 is 15.8 Å². The number of carbonyl (C=O) groups excluding carboxylic acids is 1. The Morgan fingerprint density at radius 2 is 1.98 bits per heavy atom. The minimum absolute atomic E-state index is 0.130. The van der Waals surface area contributed by atoms with Gasteiger partial charge in [0.25, 0.3) is 11.5 Å². The second kappa shape index (κ2) is 11.9. The van der Waals surface area contributed by atoms with Crippen molar-refractivity contribution in [2.45, 2.75) is 59.0 Å². The molecule has 1 fully saturated rings. The van der Waals surface area contributed by atoms with Crippen molar-refractivity contribution in [2.75, 3.05) is 45.3 Å². The second-order valence-electron chi connectivity index (χ2n) is 11.2. The Labute approximate surface area is 236 Å². The number of morpholine rings is 1. The average molecular weight is 544 g/mol. The molecule has 1 atom stereocenters. The molecule has 1 unspecified atom stereocenters. The smallest absolute Gasteiger partial charge is 0.253 e. The van der Waals surface area contributed by atoms with Crippen molar-refractivity contribution in [2.24, 2.45) is 0 Å². The van der Waals surface area contributed by atoms with E-state index < -0.39 is 0 Å². The third-order valence-electron chi connectivity index (χ3n) is 8.32. The summed E-state index contributed by atoms with van der Waals surface area (Å²) in [5.41, 5.74) is 8.62. The number of hydrogen-bond acceptors (Lipinski definition) is 6. The van der Waals surface area contributed by atoms with E-state index in [2.05, 4.69) is 60.2 Å². The molecule has 1 amide bonds. The molecule has 1 aliphatic heterocycles. The van der Waals surface area contributed by atoms with Crippen LogP contribution in [0.4, 0.5) is 5.82 Å². The number of aromatic nitrogens is 2. The Bertz CT molecular complexity index is 1440. The van der Waals surface area contributed by atoms with Gasteiger partial charge in [-0.3, -0.25) is 9.59 Å². The zero-order valence-electron chi connectivity index (χ0n) is 24.4. The average Bonchev–Trinajstić information content (AvgIpc) is 3.40. The number of ether oxygens (including phenoxy) is 1. The summed E-state index contributed by atoms with van der Waals surface area (Å²) in [7, 11) is 4.20. The number of anilines is 1. The van der Waals surface area contributed by atoms with Gasteiger partial charge in [0.2, 0.25) is 0 Å². The molecule has 5 rings (SSSR count). The van der Waals surface area contributed by atoms with Crippen LogP contribution in [0.2, 0.25) is 0 Å². The van der Waals surface area contributed by atoms with Crippen molar-refractivity contribution >= 4 is 11.7 Å². The first kappa shape index (κ1) is 28.1. The number of amides is 1. The lowest BCUT2D eigenvalue weighted by Gasteiger charge is -2.28. The van der Waals surface area contributed by atoms with Crippen LogP contribution in [0.3, 0.4) is 0 Å². The molecule has 1 saturated heterocycles. The molecular formula is C32H41N5O3. The molecule has 40 heavy (non-hydrogen) atoms. The van der Waals surface area contributed by atoms with Gasteiger partial charge in [0.1, 0.15) is 5.82 Å². The molecule has 0 bridgehead atoms. The van der Waals surface area contributed by atoms with Crippen LogP contribution in [0.25, 0.3) is 11.1 Å². The van der Waals surface area contributed by atoms with Gasteiger partial charge >= 0.3 is 0 Å². The quantitative estimate of drug-likeness (QED) is 0.440. The number of benzene rings is 1. The van der Waals surface area contributed by atoms with Crippen LogP contribution in [0.15, 0.2) is 35.3 Å². The second-order valence-corrected chi connectivity index (χ2v) is 11.2. The first-order chi connectivity index (χ1) is 19.3. The lowest BCUT2D eigenvalue weighted by Crippen LogP contribution is -2.36. The van der Waals surface area contributed by atoms with Gasteiger partial charge in [-0.15, -0.1) is 0 Å². The van der Waals surface area contributed by atoms with Gasteiger partial charge in [0.15, 0.2) is 0 Å². The number of carbonyl (C=O) groups is 1. The molecule has 0 radical (unpaired) electrons. The minimum atomic E-state index is -0.161. The summed E-state index contributed by atoms with van der Waals surface area (Å²) in [5.74, 6) is 0.789. The zero-order chi connectivity index (χ0) is 28.4. The molecule has 3 aromatic rings. The van der Waals surface area contributed by atoms with Gasteiger partial charge in [-0.2, -0.15) is 0 Å². The van der Waals surface area contributed by atoms with E-state index in [0.29, 0.717) is 24.3 Å². The standard InChI is InChI=1S/C32H41N5O3/c1-6-7-22-16-20(2)35-32(39)27(22)19-34-31(38)25-17-26(24-9-10-28(36(4)5)30(24)21(25)3)23-8-11-29(33-18-23)37-12-14-40-15-13-37/h8,11,16-18,28H,6-7,9-10,12-15,19H2,1-5H3,(H,34,38)(H,35,39). The molecule has 8 nitrogen and oxygen atoms in total. The summed E-state index contributed by atoms with van der Waals surface area (Å²) >= 11 is 0. The maximum atomic E-state index is 13.7. The van der Waals surface area contributed by atoms with Crippen molar-refractivity contribution in [3.8, 4) is 11.1 Å². The number of pyridine rings is 2. The topological polar surface area (TPSA) is 90.6 Å². The number of nitrogens with zero attached hydrogens (tertiary/aromatic N) is 3. The highest BCUT2D eigenvalue weighted by molar-refractivity contribution is 5.98. The highest BCUT2D eigenvalue weighted by Gasteiger charge is 2.31. The number of hydrogen-bond donors (Lipinski definition) is 2. The molecule has 2 aliphatic rings. The first-order valence-corrected chi connectivity index (χ1v) is 14.4. The van der Waals surface area contributed by atoms with Gasteiger partial charge in [0, 0.05) is 54.3 Å². The molecule has 2 aromatic heterocycles. The van der Waals surface area contributed by atoms with E-state index in [1.54, 1.807) is 0 Å². The Balaban J connectivity index is 1.50. The number of aromatic amines is 1. The van der Waals surface area contributed by atoms with Gasteiger partial charge in [-0.1, -0.05) is 13.3 Å². The number of aryl methyl sites for hydroxylation is 2. The van der Waals surface area contributed by atoms with Crippen molar-refractivity contribution < 1.29 is 9.53 Å². The zero-order valence-corrected chi connectivity index (χ0v) is 24.4. The van der Waals surface area contributed by atoms with E-state index in [4.69, 9.17) is 9.72 Å². The van der Waals surface area contributed by atoms with Crippen molar-refractivity contribution in [1.29, 1.82) is 0 Å². The van der Waals surface area contributed by atoms with Gasteiger partial charge < -0.3 is 24.8 Å². The van der Waals surface area contributed by atoms with Crippen molar-refractivity contribution in [1.82, 2.24) is 20.2 Å². The maximum Gasteiger partial charge on any atom is 0.253 e. The molecular weight excluding hydrogens is 502 g/mol. The SMILES string of the molecule is CCCc1cc(C)[nH]c(=O)c1CNC(=O)c1cc(-c2ccc(N3CCOCC3)nc2)c2c(c1C)C(N(C)C)CC2. The highest BCUT2D eigenvalue weighted by atomic mass is 16.5. The maximum absolute atomic E-state index is 13.7. The number of H-pyrrole nitrogens is 1. The predicted molar refractivity (Wildman–Crippen MR) is 159 cm³/mol. The molecule has 8 heteroatoms. The fourth-order valence-corrected chi connectivity index (χ4v) is 6.27. The van der Waals surface area contributed by atoms with Crippen LogP contribution in [0.1, 0.15) is 69.7 Å². The summed E-state index contributed by atoms with van der Waals surface area (Å²) in [6.07, 6.45) is 5.64. The van der Waals surface area contributed by atoms with Crippen LogP contribution in [0.5, 0.6) is 0 Å². The molecule has 3 heterocycles. The van der Waals surface area contributed by atoms with Crippen LogP contribution in [-0.4, -0.2) is 61.2 Å². The molecule has 2 N–H and O–H groups in total. The largest absolute Gasteiger partial charge is 0.378 e. The van der Waals surface area contributed by atoms with Gasteiger partial charge in [-0.25, -0.2) is 4.98 Å². The monoisotopic (exact) mass is 543 g/mol. The number of fused-ring (bicyclic) bond motifs is 1. The Morgan fingerprint density at radius 3 is 2.65 bits per heavy atom. The van der Waals surface area contributed by atoms with E-state index in [1.807, 2.05) is 25.3 Å². The molecule has 0 spiro atoms. The summed E-state index contributed by atoms with van der Waals surface area (Å²) in [6.45, 7) is 9.35. The van der Waals surface area contributed by atoms with Gasteiger partial charge in [-0.05, 0) is 99.3 Å².